The molecule has 0 aliphatic carbocycles. The summed E-state index contributed by atoms with van der Waals surface area (Å²) in [7, 11) is 0. The largest absolute Gasteiger partial charge is 0.516 e. The van der Waals surface area contributed by atoms with Crippen molar-refractivity contribution in [1.29, 1.82) is 0 Å². The van der Waals surface area contributed by atoms with Gasteiger partial charge in [0.1, 0.15) is 5.65 Å². The van der Waals surface area contributed by atoms with Gasteiger partial charge >= 0.3 is 0 Å². The summed E-state index contributed by atoms with van der Waals surface area (Å²) in [5.74, 6) is 0. The molecule has 0 radical (unpaired) electrons. The lowest BCUT2D eigenvalue weighted by Gasteiger charge is -2.05. The molecule has 94 valence electrons. The van der Waals surface area contributed by atoms with E-state index in [2.05, 4.69) is 4.98 Å². The van der Waals surface area contributed by atoms with Crippen molar-refractivity contribution in [2.45, 2.75) is 6.42 Å². The third-order valence-corrected chi connectivity index (χ3v) is 3.11. The van der Waals surface area contributed by atoms with E-state index in [1.54, 1.807) is 16.8 Å². The summed E-state index contributed by atoms with van der Waals surface area (Å²) >= 11 is 0. The molecule has 0 atom stereocenters. The molecule has 2 heterocycles. The first kappa shape index (κ1) is 11.5. The Morgan fingerprint density at radius 1 is 1.26 bits per heavy atom. The molecule has 3 rings (SSSR count). The summed E-state index contributed by atoms with van der Waals surface area (Å²) in [6.07, 6.45) is 6.14. The highest BCUT2D eigenvalue weighted by molar-refractivity contribution is 5.93. The Bertz CT molecular complexity index is 834. The van der Waals surface area contributed by atoms with E-state index in [0.717, 1.165) is 17.0 Å². The van der Waals surface area contributed by atoms with Gasteiger partial charge in [-0.2, -0.15) is 0 Å². The molecular weight excluding hydrogens is 240 g/mol. The van der Waals surface area contributed by atoms with E-state index in [0.29, 0.717) is 17.6 Å². The Kier molecular flexibility index (Phi) is 2.76. The second-order valence-electron chi connectivity index (χ2n) is 4.27. The predicted molar refractivity (Wildman–Crippen MR) is 74.4 cm³/mol. The van der Waals surface area contributed by atoms with Gasteiger partial charge in [0.15, 0.2) is 0 Å². The summed E-state index contributed by atoms with van der Waals surface area (Å²) in [5, 5.41) is 10.7. The summed E-state index contributed by atoms with van der Waals surface area (Å²) < 4.78 is 1.54. The molecule has 0 fully saturated rings. The van der Waals surface area contributed by atoms with Crippen molar-refractivity contribution in [3.05, 3.63) is 71.0 Å². The molecule has 0 aliphatic heterocycles. The monoisotopic (exact) mass is 252 g/mol. The third-order valence-electron chi connectivity index (χ3n) is 3.11. The van der Waals surface area contributed by atoms with Crippen molar-refractivity contribution < 1.29 is 5.11 Å². The van der Waals surface area contributed by atoms with Gasteiger partial charge in [0.25, 0.3) is 5.56 Å². The van der Waals surface area contributed by atoms with Gasteiger partial charge in [-0.25, -0.2) is 4.98 Å². The number of benzene rings is 1. The standard InChI is InChI=1S/C15H12N2O2/c18-9-3-5-12-10-16-14-13-6-2-1-4-11(13)7-8-17(14)15(12)19/h1-4,6-10,18H,5H2. The Morgan fingerprint density at radius 2 is 2.11 bits per heavy atom. The number of aliphatic hydroxyl groups is 1. The molecule has 1 aromatic carbocycles. The number of hydrogen-bond donors (Lipinski definition) is 1. The number of pyridine rings is 1. The zero-order valence-electron chi connectivity index (χ0n) is 10.2. The van der Waals surface area contributed by atoms with Gasteiger partial charge in [0.2, 0.25) is 0 Å². The van der Waals surface area contributed by atoms with E-state index in [4.69, 9.17) is 5.11 Å². The molecule has 2 aromatic heterocycles. The molecular formula is C15H12N2O2. The number of allylic oxidation sites excluding steroid dienone is 1. The molecule has 3 aromatic rings. The van der Waals surface area contributed by atoms with E-state index in [9.17, 15) is 4.79 Å². The maximum absolute atomic E-state index is 12.3. The minimum absolute atomic E-state index is 0.103. The number of nitrogens with zero attached hydrogens (tertiary/aromatic N) is 2. The van der Waals surface area contributed by atoms with E-state index in [1.807, 2.05) is 30.3 Å². The zero-order valence-corrected chi connectivity index (χ0v) is 10.2. The summed E-state index contributed by atoms with van der Waals surface area (Å²) in [5.41, 5.74) is 1.10. The lowest BCUT2D eigenvalue weighted by atomic mass is 10.1. The average molecular weight is 252 g/mol. The highest BCUT2D eigenvalue weighted by Gasteiger charge is 2.06. The van der Waals surface area contributed by atoms with Crippen LogP contribution in [0.1, 0.15) is 5.56 Å². The first-order valence-electron chi connectivity index (χ1n) is 5.98. The fraction of sp³-hybridized carbons (Fsp3) is 0.0667. The van der Waals surface area contributed by atoms with Crippen LogP contribution < -0.4 is 5.56 Å². The van der Waals surface area contributed by atoms with E-state index < -0.39 is 0 Å². The second-order valence-corrected chi connectivity index (χ2v) is 4.27. The first-order valence-corrected chi connectivity index (χ1v) is 5.98. The molecule has 0 unspecified atom stereocenters. The van der Waals surface area contributed by atoms with Gasteiger partial charge in [0.05, 0.1) is 6.26 Å². The molecule has 0 aliphatic rings. The predicted octanol–water partition coefficient (Wildman–Crippen LogP) is 2.46. The van der Waals surface area contributed by atoms with Crippen LogP contribution in [0.5, 0.6) is 0 Å². The summed E-state index contributed by atoms with van der Waals surface area (Å²) in [6, 6.07) is 9.72. The lowest BCUT2D eigenvalue weighted by molar-refractivity contribution is 0.471. The van der Waals surface area contributed by atoms with Gasteiger partial charge in [-0.15, -0.1) is 0 Å². The van der Waals surface area contributed by atoms with Crippen molar-refractivity contribution in [3.8, 4) is 0 Å². The maximum atomic E-state index is 12.3. The smallest absolute Gasteiger partial charge is 0.261 e. The van der Waals surface area contributed by atoms with Gasteiger partial charge in [0, 0.05) is 29.8 Å². The number of fused-ring (bicyclic) bond motifs is 3. The summed E-state index contributed by atoms with van der Waals surface area (Å²) in [4.78, 5) is 16.7. The Labute approximate surface area is 109 Å². The van der Waals surface area contributed by atoms with Crippen LogP contribution in [0.2, 0.25) is 0 Å². The third kappa shape index (κ3) is 1.87. The Hall–Kier alpha value is -2.62. The highest BCUT2D eigenvalue weighted by atomic mass is 16.2. The molecule has 1 N–H and O–H groups in total. The van der Waals surface area contributed by atoms with Gasteiger partial charge in [-0.05, 0) is 17.5 Å². The SMILES string of the molecule is O=c1c(CC=CO)cnc2c3ccccc3ccn12. The van der Waals surface area contributed by atoms with Gasteiger partial charge in [-0.3, -0.25) is 9.20 Å². The minimum Gasteiger partial charge on any atom is -0.516 e. The number of aromatic nitrogens is 2. The molecule has 0 amide bonds. The first-order chi connectivity index (χ1) is 9.31. The number of aliphatic hydroxyl groups excluding tert-OH is 1. The van der Waals surface area contributed by atoms with Gasteiger partial charge < -0.3 is 5.11 Å². The van der Waals surface area contributed by atoms with E-state index in [1.165, 1.54) is 6.08 Å². The normalized spacial score (nSPS) is 11.6. The van der Waals surface area contributed by atoms with Crippen LogP contribution in [-0.4, -0.2) is 14.5 Å². The molecule has 0 saturated heterocycles. The Morgan fingerprint density at radius 3 is 2.95 bits per heavy atom. The zero-order chi connectivity index (χ0) is 13.2. The lowest BCUT2D eigenvalue weighted by Crippen LogP contribution is -2.18. The van der Waals surface area contributed by atoms with Crippen molar-refractivity contribution in [2.75, 3.05) is 0 Å². The molecule has 0 spiro atoms. The van der Waals surface area contributed by atoms with Crippen molar-refractivity contribution >= 4 is 16.4 Å². The topological polar surface area (TPSA) is 54.6 Å². The van der Waals surface area contributed by atoms with Crippen LogP contribution >= 0.6 is 0 Å². The van der Waals surface area contributed by atoms with E-state index in [-0.39, 0.29) is 5.56 Å². The fourth-order valence-corrected chi connectivity index (χ4v) is 2.17. The van der Waals surface area contributed by atoms with Crippen LogP contribution in [0, 0.1) is 0 Å². The molecule has 4 nitrogen and oxygen atoms in total. The minimum atomic E-state index is -0.103. The molecule has 19 heavy (non-hydrogen) atoms. The Balaban J connectivity index is 2.33. The molecule has 0 bridgehead atoms. The summed E-state index contributed by atoms with van der Waals surface area (Å²) in [6.45, 7) is 0. The van der Waals surface area contributed by atoms with Crippen LogP contribution in [0.4, 0.5) is 0 Å². The van der Waals surface area contributed by atoms with Crippen LogP contribution in [-0.2, 0) is 6.42 Å². The van der Waals surface area contributed by atoms with Crippen LogP contribution in [0.3, 0.4) is 0 Å². The van der Waals surface area contributed by atoms with Crippen LogP contribution in [0.15, 0.2) is 59.9 Å². The quantitative estimate of drug-likeness (QED) is 0.563. The maximum Gasteiger partial charge on any atom is 0.261 e. The van der Waals surface area contributed by atoms with Crippen LogP contribution in [0.25, 0.3) is 16.4 Å². The molecule has 4 heteroatoms. The second kappa shape index (κ2) is 4.57. The number of hydrogen-bond acceptors (Lipinski definition) is 3. The molecule has 0 saturated carbocycles. The van der Waals surface area contributed by atoms with Gasteiger partial charge in [-0.1, -0.05) is 24.3 Å². The highest BCUT2D eigenvalue weighted by Crippen LogP contribution is 2.16. The van der Waals surface area contributed by atoms with Crippen molar-refractivity contribution in [3.63, 3.8) is 0 Å². The van der Waals surface area contributed by atoms with Crippen molar-refractivity contribution in [2.24, 2.45) is 0 Å². The van der Waals surface area contributed by atoms with Crippen molar-refractivity contribution in [1.82, 2.24) is 9.38 Å². The average Bonchev–Trinajstić information content (AvgIpc) is 2.46. The van der Waals surface area contributed by atoms with E-state index >= 15 is 0 Å². The fourth-order valence-electron chi connectivity index (χ4n) is 2.17. The number of rotatable bonds is 2.